The van der Waals surface area contributed by atoms with E-state index in [1.54, 1.807) is 0 Å². The van der Waals surface area contributed by atoms with E-state index in [4.69, 9.17) is 0 Å². The van der Waals surface area contributed by atoms with Gasteiger partial charge in [-0.25, -0.2) is 0 Å². The van der Waals surface area contributed by atoms with E-state index in [-0.39, 0.29) is 11.3 Å². The summed E-state index contributed by atoms with van der Waals surface area (Å²) in [4.78, 5) is 13.2. The van der Waals surface area contributed by atoms with Gasteiger partial charge in [0.05, 0.1) is 0 Å². The number of Topliss-reactive ketones (excluding diaryl/α,β-unsaturated/α-hetero) is 1. The molecule has 0 radical (unpaired) electrons. The lowest BCUT2D eigenvalue weighted by molar-refractivity contribution is -0.127. The van der Waals surface area contributed by atoms with Crippen LogP contribution in [0.4, 0.5) is 0 Å². The fourth-order valence-corrected chi connectivity index (χ4v) is 4.78. The summed E-state index contributed by atoms with van der Waals surface area (Å²) in [6.45, 7) is 9.31. The lowest BCUT2D eigenvalue weighted by Crippen LogP contribution is -2.35. The zero-order valence-electron chi connectivity index (χ0n) is 16.4. The molecule has 1 aliphatic heterocycles. The highest BCUT2D eigenvalue weighted by atomic mass is 16.1. The van der Waals surface area contributed by atoms with Crippen LogP contribution >= 0.6 is 0 Å². The van der Waals surface area contributed by atoms with Crippen LogP contribution in [0.1, 0.15) is 68.3 Å². The SMILES string of the molecule is CCC(C(=O)C(C)(C)C)c1ccc2c3c1-c1ccccc1CC3NCC2. The van der Waals surface area contributed by atoms with E-state index in [1.165, 1.54) is 33.4 Å². The van der Waals surface area contributed by atoms with Gasteiger partial charge in [0, 0.05) is 17.4 Å². The van der Waals surface area contributed by atoms with Crippen molar-refractivity contribution in [2.45, 2.75) is 58.9 Å². The van der Waals surface area contributed by atoms with Gasteiger partial charge in [0.15, 0.2) is 0 Å². The summed E-state index contributed by atoms with van der Waals surface area (Å²) < 4.78 is 0. The molecule has 1 N–H and O–H groups in total. The molecule has 2 heteroatoms. The molecule has 0 spiro atoms. The average Bonchev–Trinajstić information content (AvgIpc) is 2.63. The summed E-state index contributed by atoms with van der Waals surface area (Å²) in [5.74, 6) is 0.309. The number of nitrogens with one attached hydrogen (secondary N) is 1. The normalized spacial score (nSPS) is 19.5. The van der Waals surface area contributed by atoms with E-state index < -0.39 is 0 Å². The maximum absolute atomic E-state index is 13.2. The number of carbonyl (C=O) groups is 1. The molecule has 0 amide bonds. The summed E-state index contributed by atoms with van der Waals surface area (Å²) in [5, 5.41) is 3.72. The first-order valence-corrected chi connectivity index (χ1v) is 9.93. The Labute approximate surface area is 157 Å². The molecule has 0 aromatic heterocycles. The van der Waals surface area contributed by atoms with E-state index >= 15 is 0 Å². The second-order valence-electron chi connectivity index (χ2n) is 8.80. The van der Waals surface area contributed by atoms with E-state index in [2.05, 4.69) is 48.6 Å². The molecule has 0 saturated carbocycles. The Hall–Kier alpha value is -1.93. The Balaban J connectivity index is 1.97. The van der Waals surface area contributed by atoms with Crippen molar-refractivity contribution in [1.29, 1.82) is 0 Å². The van der Waals surface area contributed by atoms with Gasteiger partial charge < -0.3 is 5.32 Å². The minimum atomic E-state index is -0.324. The topological polar surface area (TPSA) is 29.1 Å². The first-order valence-electron chi connectivity index (χ1n) is 9.93. The largest absolute Gasteiger partial charge is 0.309 e. The molecule has 0 bridgehead atoms. The summed E-state index contributed by atoms with van der Waals surface area (Å²) in [6.07, 6.45) is 2.97. The van der Waals surface area contributed by atoms with Crippen molar-refractivity contribution >= 4 is 5.78 Å². The monoisotopic (exact) mass is 347 g/mol. The number of ketones is 1. The first kappa shape index (κ1) is 17.5. The Morgan fingerprint density at radius 3 is 2.65 bits per heavy atom. The fourth-order valence-electron chi connectivity index (χ4n) is 4.78. The lowest BCUT2D eigenvalue weighted by atomic mass is 9.71. The molecule has 4 rings (SSSR count). The average molecular weight is 348 g/mol. The summed E-state index contributed by atoms with van der Waals surface area (Å²) in [5.41, 5.74) is 7.89. The highest BCUT2D eigenvalue weighted by Crippen LogP contribution is 2.47. The minimum absolute atomic E-state index is 0.0379. The van der Waals surface area contributed by atoms with Crippen LogP contribution in [-0.2, 0) is 17.6 Å². The maximum Gasteiger partial charge on any atom is 0.145 e. The van der Waals surface area contributed by atoms with Gasteiger partial charge in [0.1, 0.15) is 5.78 Å². The Morgan fingerprint density at radius 2 is 1.92 bits per heavy atom. The van der Waals surface area contributed by atoms with E-state index in [1.807, 2.05) is 20.8 Å². The molecule has 2 unspecified atom stereocenters. The zero-order valence-corrected chi connectivity index (χ0v) is 16.4. The van der Waals surface area contributed by atoms with Gasteiger partial charge >= 0.3 is 0 Å². The van der Waals surface area contributed by atoms with Crippen LogP contribution < -0.4 is 5.32 Å². The van der Waals surface area contributed by atoms with Crippen molar-refractivity contribution in [3.05, 3.63) is 58.7 Å². The number of hydrogen-bond donors (Lipinski definition) is 1. The summed E-state index contributed by atoms with van der Waals surface area (Å²) in [6, 6.07) is 13.7. The van der Waals surface area contributed by atoms with E-state index in [9.17, 15) is 4.79 Å². The molecular weight excluding hydrogens is 318 g/mol. The highest BCUT2D eigenvalue weighted by molar-refractivity contribution is 5.93. The molecule has 2 aromatic carbocycles. The first-order chi connectivity index (χ1) is 12.4. The third-order valence-electron chi connectivity index (χ3n) is 6.05. The van der Waals surface area contributed by atoms with Crippen molar-refractivity contribution in [2.75, 3.05) is 6.54 Å². The van der Waals surface area contributed by atoms with Crippen molar-refractivity contribution in [2.24, 2.45) is 5.41 Å². The summed E-state index contributed by atoms with van der Waals surface area (Å²) >= 11 is 0. The van der Waals surface area contributed by atoms with E-state index in [0.717, 1.165) is 25.8 Å². The predicted octanol–water partition coefficient (Wildman–Crippen LogP) is 5.21. The van der Waals surface area contributed by atoms with Gasteiger partial charge in [-0.05, 0) is 59.2 Å². The molecule has 136 valence electrons. The highest BCUT2D eigenvalue weighted by Gasteiger charge is 2.36. The number of benzene rings is 2. The predicted molar refractivity (Wildman–Crippen MR) is 108 cm³/mol. The van der Waals surface area contributed by atoms with Crippen molar-refractivity contribution < 1.29 is 4.79 Å². The Bertz CT molecular complexity index is 859. The molecule has 2 atom stereocenters. The quantitative estimate of drug-likeness (QED) is 0.826. The van der Waals surface area contributed by atoms with Crippen LogP contribution in [0.5, 0.6) is 0 Å². The van der Waals surface area contributed by atoms with Crippen LogP contribution in [0.2, 0.25) is 0 Å². The Kier molecular flexibility index (Phi) is 4.27. The molecule has 1 heterocycles. The van der Waals surface area contributed by atoms with Crippen LogP contribution in [0, 0.1) is 5.41 Å². The molecule has 2 nitrogen and oxygen atoms in total. The van der Waals surface area contributed by atoms with Gasteiger partial charge in [-0.1, -0.05) is 64.1 Å². The third-order valence-corrected chi connectivity index (χ3v) is 6.05. The number of fused-ring (bicyclic) bond motifs is 2. The van der Waals surface area contributed by atoms with Gasteiger partial charge in [-0.2, -0.15) is 0 Å². The van der Waals surface area contributed by atoms with Crippen LogP contribution in [-0.4, -0.2) is 12.3 Å². The minimum Gasteiger partial charge on any atom is -0.309 e. The summed E-state index contributed by atoms with van der Waals surface area (Å²) in [7, 11) is 0. The molecule has 26 heavy (non-hydrogen) atoms. The van der Waals surface area contributed by atoms with Gasteiger partial charge in [-0.15, -0.1) is 0 Å². The lowest BCUT2D eigenvalue weighted by Gasteiger charge is -2.37. The van der Waals surface area contributed by atoms with Gasteiger partial charge in [0.2, 0.25) is 0 Å². The van der Waals surface area contributed by atoms with E-state index in [0.29, 0.717) is 11.8 Å². The van der Waals surface area contributed by atoms with Gasteiger partial charge in [-0.3, -0.25) is 4.79 Å². The molecule has 2 aromatic rings. The number of hydrogen-bond acceptors (Lipinski definition) is 2. The molecular formula is C24H29NO. The van der Waals surface area contributed by atoms with Crippen molar-refractivity contribution in [3.63, 3.8) is 0 Å². The zero-order chi connectivity index (χ0) is 18.5. The molecule has 1 aliphatic carbocycles. The van der Waals surface area contributed by atoms with Crippen LogP contribution in [0.25, 0.3) is 11.1 Å². The second-order valence-corrected chi connectivity index (χ2v) is 8.80. The maximum atomic E-state index is 13.2. The van der Waals surface area contributed by atoms with Crippen molar-refractivity contribution in [3.8, 4) is 11.1 Å². The number of carbonyl (C=O) groups excluding carboxylic acids is 1. The standard InChI is InChI=1S/C24H29NO/c1-5-17(23(26)24(2,3)4)19-11-10-15-12-13-25-20-14-16-8-6-7-9-18(16)22(19)21(15)20/h6-11,17,20,25H,5,12-14H2,1-4H3. The molecule has 2 aliphatic rings. The number of rotatable bonds is 3. The third kappa shape index (κ3) is 2.72. The fraction of sp³-hybridized carbons (Fsp3) is 0.458. The Morgan fingerprint density at radius 1 is 1.15 bits per heavy atom. The van der Waals surface area contributed by atoms with Crippen LogP contribution in [0.3, 0.4) is 0 Å². The van der Waals surface area contributed by atoms with Crippen LogP contribution in [0.15, 0.2) is 36.4 Å². The van der Waals surface area contributed by atoms with Gasteiger partial charge in [0.25, 0.3) is 0 Å². The molecule has 0 saturated heterocycles. The molecule has 0 fully saturated rings. The van der Waals surface area contributed by atoms with Crippen molar-refractivity contribution in [1.82, 2.24) is 5.32 Å². The smallest absolute Gasteiger partial charge is 0.145 e. The second kappa shape index (κ2) is 6.35.